The number of nitrogens with zero attached hydrogens (tertiary/aromatic N) is 2. The number of thioether (sulfide) groups is 1. The Hall–Kier alpha value is -2.97. The van der Waals surface area contributed by atoms with Crippen molar-refractivity contribution in [1.29, 1.82) is 0 Å². The summed E-state index contributed by atoms with van der Waals surface area (Å²) < 4.78 is 20.6. The van der Waals surface area contributed by atoms with Crippen molar-refractivity contribution in [3.8, 4) is 5.69 Å². The minimum atomic E-state index is -0.440. The Labute approximate surface area is 211 Å². The van der Waals surface area contributed by atoms with Gasteiger partial charge < -0.3 is 4.74 Å². The average Bonchev–Trinajstić information content (AvgIpc) is 3.23. The molecule has 35 heavy (non-hydrogen) atoms. The molecular weight excluding hydrogens is 483 g/mol. The van der Waals surface area contributed by atoms with E-state index in [0.717, 1.165) is 43.0 Å². The first-order valence-corrected chi connectivity index (χ1v) is 13.5. The van der Waals surface area contributed by atoms with Crippen molar-refractivity contribution in [3.63, 3.8) is 0 Å². The Morgan fingerprint density at radius 1 is 1.23 bits per heavy atom. The van der Waals surface area contributed by atoms with Crippen molar-refractivity contribution in [2.24, 2.45) is 0 Å². The van der Waals surface area contributed by atoms with Crippen molar-refractivity contribution >= 4 is 39.3 Å². The molecule has 0 spiro atoms. The topological polar surface area (TPSA) is 61.2 Å². The van der Waals surface area contributed by atoms with Gasteiger partial charge in [0, 0.05) is 4.88 Å². The van der Waals surface area contributed by atoms with E-state index >= 15 is 0 Å². The number of esters is 1. The highest BCUT2D eigenvalue weighted by atomic mass is 32.2. The molecule has 2 heterocycles. The first-order valence-electron chi connectivity index (χ1n) is 11.7. The van der Waals surface area contributed by atoms with Crippen LogP contribution in [0.15, 0.2) is 64.5 Å². The lowest BCUT2D eigenvalue weighted by Crippen LogP contribution is -2.24. The Morgan fingerprint density at radius 2 is 2.06 bits per heavy atom. The van der Waals surface area contributed by atoms with Crippen molar-refractivity contribution in [1.82, 2.24) is 9.55 Å². The monoisotopic (exact) mass is 508 g/mol. The van der Waals surface area contributed by atoms with Crippen molar-refractivity contribution in [2.75, 3.05) is 12.4 Å². The van der Waals surface area contributed by atoms with Crippen LogP contribution in [0.5, 0.6) is 0 Å². The summed E-state index contributed by atoms with van der Waals surface area (Å²) in [4.78, 5) is 32.8. The first-order chi connectivity index (χ1) is 17.0. The van der Waals surface area contributed by atoms with E-state index in [-0.39, 0.29) is 29.8 Å². The Balaban J connectivity index is 1.66. The van der Waals surface area contributed by atoms with Crippen LogP contribution in [0.3, 0.4) is 0 Å². The van der Waals surface area contributed by atoms with Gasteiger partial charge in [-0.3, -0.25) is 14.2 Å². The number of fused-ring (bicyclic) bond motifs is 3. The number of rotatable bonds is 7. The summed E-state index contributed by atoms with van der Waals surface area (Å²) in [7, 11) is 0. The van der Waals surface area contributed by atoms with Crippen LogP contribution in [0, 0.1) is 5.82 Å². The predicted molar refractivity (Wildman–Crippen MR) is 138 cm³/mol. The number of hydrogen-bond donors (Lipinski definition) is 0. The van der Waals surface area contributed by atoms with Crippen molar-refractivity contribution < 1.29 is 13.9 Å². The lowest BCUT2D eigenvalue weighted by molar-refractivity contribution is -0.139. The molecule has 0 saturated heterocycles. The third kappa shape index (κ3) is 4.90. The van der Waals surface area contributed by atoms with Crippen LogP contribution in [-0.2, 0) is 22.4 Å². The molecule has 0 fully saturated rings. The molecule has 1 aliphatic carbocycles. The van der Waals surface area contributed by atoms with Gasteiger partial charge >= 0.3 is 5.97 Å². The molecular formula is C27H25FN2O3S2. The molecule has 1 atom stereocenters. The molecule has 0 radical (unpaired) electrons. The summed E-state index contributed by atoms with van der Waals surface area (Å²) in [6.07, 6.45) is 3.86. The second-order valence-corrected chi connectivity index (χ2v) is 10.5. The number of halogens is 1. The third-order valence-electron chi connectivity index (χ3n) is 6.19. The van der Waals surface area contributed by atoms with Crippen LogP contribution in [0.4, 0.5) is 4.39 Å². The normalized spacial score (nSPS) is 15.2. The maximum atomic E-state index is 14.1. The minimum absolute atomic E-state index is 0.0167. The van der Waals surface area contributed by atoms with E-state index in [0.29, 0.717) is 21.1 Å². The number of carbonyl (C=O) groups excluding carboxylic acids is 1. The quantitative estimate of drug-likeness (QED) is 0.177. The summed E-state index contributed by atoms with van der Waals surface area (Å²) in [6, 6.07) is 16.2. The molecule has 0 amide bonds. The fourth-order valence-corrected chi connectivity index (χ4v) is 6.89. The summed E-state index contributed by atoms with van der Waals surface area (Å²) in [5, 5.41) is 0.981. The number of hydrogen-bond acceptors (Lipinski definition) is 6. The summed E-state index contributed by atoms with van der Waals surface area (Å²) in [5.74, 6) is -0.581. The Bertz CT molecular complexity index is 1430. The second-order valence-electron chi connectivity index (χ2n) is 8.51. The number of aromatic nitrogens is 2. The number of ether oxygens (including phenoxy) is 1. The minimum Gasteiger partial charge on any atom is -0.465 e. The third-order valence-corrected chi connectivity index (χ3v) is 8.26. The summed E-state index contributed by atoms with van der Waals surface area (Å²) >= 11 is 2.70. The molecule has 0 aliphatic heterocycles. The standard InChI is InChI=1S/C27H25FN2O3S2/c1-2-33-22(31)16-34-27-29-25-24(26(32)30(27)20-12-7-11-19(28)15-20)23-18(10-6-13-21(23)35-25)14-17-8-4-3-5-9-17/h3-5,7-9,11-12,15,18H,2,6,10,13-14,16H2,1H3. The lowest BCUT2D eigenvalue weighted by Gasteiger charge is -2.23. The van der Waals surface area contributed by atoms with Crippen molar-refractivity contribution in [3.05, 3.63) is 86.8 Å². The molecule has 0 bridgehead atoms. The molecule has 1 aliphatic rings. The van der Waals surface area contributed by atoms with E-state index in [1.165, 1.54) is 27.1 Å². The zero-order valence-electron chi connectivity index (χ0n) is 19.3. The van der Waals surface area contributed by atoms with Crippen LogP contribution in [0.25, 0.3) is 15.9 Å². The highest BCUT2D eigenvalue weighted by molar-refractivity contribution is 7.99. The zero-order valence-corrected chi connectivity index (χ0v) is 21.0. The number of aryl methyl sites for hydroxylation is 1. The van der Waals surface area contributed by atoms with E-state index in [4.69, 9.17) is 9.72 Å². The zero-order chi connectivity index (χ0) is 24.4. The Kier molecular flexibility index (Phi) is 7.02. The van der Waals surface area contributed by atoms with E-state index < -0.39 is 5.82 Å². The number of carbonyl (C=O) groups is 1. The number of benzene rings is 2. The lowest BCUT2D eigenvalue weighted by atomic mass is 9.82. The van der Waals surface area contributed by atoms with Gasteiger partial charge in [-0.2, -0.15) is 0 Å². The molecule has 1 unspecified atom stereocenters. The van der Waals surface area contributed by atoms with Gasteiger partial charge in [0.05, 0.1) is 23.4 Å². The molecule has 4 aromatic rings. The van der Waals surface area contributed by atoms with Gasteiger partial charge in [-0.25, -0.2) is 9.37 Å². The largest absolute Gasteiger partial charge is 0.465 e. The van der Waals surface area contributed by atoms with Gasteiger partial charge in [0.15, 0.2) is 5.16 Å². The first kappa shape index (κ1) is 23.8. The van der Waals surface area contributed by atoms with Gasteiger partial charge in [0.25, 0.3) is 5.56 Å². The molecule has 2 aromatic heterocycles. The van der Waals surface area contributed by atoms with E-state index in [1.54, 1.807) is 30.4 Å². The SMILES string of the molecule is CCOC(=O)CSc1nc2sc3c(c2c(=O)n1-c1cccc(F)c1)C(Cc1ccccc1)CCC3. The van der Waals surface area contributed by atoms with Gasteiger partial charge in [0.2, 0.25) is 0 Å². The van der Waals surface area contributed by atoms with Gasteiger partial charge in [-0.05, 0) is 67.9 Å². The highest BCUT2D eigenvalue weighted by Crippen LogP contribution is 2.42. The van der Waals surface area contributed by atoms with E-state index in [1.807, 2.05) is 18.2 Å². The van der Waals surface area contributed by atoms with Crippen LogP contribution < -0.4 is 5.56 Å². The molecule has 0 N–H and O–H groups in total. The van der Waals surface area contributed by atoms with E-state index in [2.05, 4.69) is 12.1 Å². The fourth-order valence-electron chi connectivity index (χ4n) is 4.74. The smallest absolute Gasteiger partial charge is 0.316 e. The predicted octanol–water partition coefficient (Wildman–Crippen LogP) is 5.90. The Morgan fingerprint density at radius 3 is 2.83 bits per heavy atom. The summed E-state index contributed by atoms with van der Waals surface area (Å²) in [6.45, 7) is 2.03. The molecule has 2 aromatic carbocycles. The van der Waals surface area contributed by atoms with Crippen molar-refractivity contribution in [2.45, 2.75) is 43.7 Å². The summed E-state index contributed by atoms with van der Waals surface area (Å²) in [5.41, 5.74) is 2.50. The van der Waals surface area contributed by atoms with Crippen LogP contribution in [0.2, 0.25) is 0 Å². The molecule has 5 nitrogen and oxygen atoms in total. The number of thiophene rings is 1. The maximum Gasteiger partial charge on any atom is 0.316 e. The van der Waals surface area contributed by atoms with E-state index in [9.17, 15) is 14.0 Å². The van der Waals surface area contributed by atoms with Crippen LogP contribution in [0.1, 0.15) is 41.7 Å². The molecule has 0 saturated carbocycles. The van der Waals surface area contributed by atoms with Crippen LogP contribution >= 0.6 is 23.1 Å². The highest BCUT2D eigenvalue weighted by Gasteiger charge is 2.29. The van der Waals surface area contributed by atoms with Gasteiger partial charge in [-0.15, -0.1) is 11.3 Å². The molecule has 8 heteroatoms. The van der Waals surface area contributed by atoms with Crippen LogP contribution in [-0.4, -0.2) is 27.9 Å². The maximum absolute atomic E-state index is 14.1. The van der Waals surface area contributed by atoms with Gasteiger partial charge in [-0.1, -0.05) is 48.2 Å². The second kappa shape index (κ2) is 10.3. The van der Waals surface area contributed by atoms with Gasteiger partial charge in [0.1, 0.15) is 10.6 Å². The fraction of sp³-hybridized carbons (Fsp3) is 0.296. The molecule has 180 valence electrons. The average molecular weight is 509 g/mol. The molecule has 5 rings (SSSR count).